The first-order chi connectivity index (χ1) is 27.2. The molecule has 0 radical (unpaired) electrons. The number of rotatable bonds is 16. The van der Waals surface area contributed by atoms with E-state index in [0.29, 0.717) is 15.5 Å². The standard InChI is InChI=1S/C35H35N7O11S4/c1-18-39-40-35(56-18)55-17-21-16-54-33-27(32(49)42(33)28(21)34(50)51)38-31(48)26(20-2-6-22(45)7-3-20)37-30(47)24-10-11-25(36-29(24)46)19-4-8-23(9-5-19)57(52,53)41(12-14-43)13-15-44/h2-11,26-27,33,43-45H,12-17H2,1H3,(H,36,46)(H,37,47)(H,38,48)(H,50,51)/t26?,27?,33-/m0/s1. The van der Waals surface area contributed by atoms with E-state index in [1.54, 1.807) is 6.92 Å². The number of phenols is 1. The first-order valence-electron chi connectivity index (χ1n) is 17.0. The van der Waals surface area contributed by atoms with E-state index >= 15 is 0 Å². The van der Waals surface area contributed by atoms with Gasteiger partial charge in [-0.25, -0.2) is 13.2 Å². The lowest BCUT2D eigenvalue weighted by molar-refractivity contribution is -0.151. The van der Waals surface area contributed by atoms with Crippen LogP contribution in [0.1, 0.15) is 27.0 Å². The number of H-pyrrole nitrogens is 1. The van der Waals surface area contributed by atoms with Crippen LogP contribution in [0.15, 0.2) is 86.0 Å². The van der Waals surface area contributed by atoms with Crippen LogP contribution >= 0.6 is 34.9 Å². The van der Waals surface area contributed by atoms with Crippen molar-refractivity contribution in [3.05, 3.63) is 98.4 Å². The molecule has 0 spiro atoms. The zero-order chi connectivity index (χ0) is 41.0. The van der Waals surface area contributed by atoms with Crippen LogP contribution in [0.3, 0.4) is 0 Å². The average molecular weight is 858 g/mol. The second-order valence-electron chi connectivity index (χ2n) is 12.5. The number of amides is 3. The van der Waals surface area contributed by atoms with Gasteiger partial charge in [-0.1, -0.05) is 47.4 Å². The van der Waals surface area contributed by atoms with Gasteiger partial charge in [0, 0.05) is 30.3 Å². The molecular weight excluding hydrogens is 823 g/mol. The number of β-lactam (4-membered cyclic amide) rings is 1. The number of aliphatic carboxylic acids is 1. The Balaban J connectivity index is 1.17. The third-order valence-corrected chi connectivity index (χ3v) is 14.2. The van der Waals surface area contributed by atoms with E-state index in [2.05, 4.69) is 25.8 Å². The van der Waals surface area contributed by atoms with E-state index in [-0.39, 0.29) is 57.8 Å². The van der Waals surface area contributed by atoms with Gasteiger partial charge >= 0.3 is 5.97 Å². The van der Waals surface area contributed by atoms with Crippen LogP contribution in [-0.4, -0.2) is 126 Å². The summed E-state index contributed by atoms with van der Waals surface area (Å²) in [6.07, 6.45) is 0. The molecular formula is C35H35N7O11S4. The van der Waals surface area contributed by atoms with Crippen LogP contribution in [0.5, 0.6) is 5.75 Å². The molecule has 2 aliphatic heterocycles. The predicted octanol–water partition coefficient (Wildman–Crippen LogP) is 0.885. The van der Waals surface area contributed by atoms with E-state index in [1.165, 1.54) is 95.5 Å². The maximum Gasteiger partial charge on any atom is 0.352 e. The lowest BCUT2D eigenvalue weighted by Gasteiger charge is -2.49. The first kappa shape index (κ1) is 41.5. The molecule has 1 saturated heterocycles. The minimum atomic E-state index is -4.04. The number of aromatic hydroxyl groups is 1. The predicted molar refractivity (Wildman–Crippen MR) is 209 cm³/mol. The number of carboxylic acids is 1. The summed E-state index contributed by atoms with van der Waals surface area (Å²) >= 11 is 3.94. The van der Waals surface area contributed by atoms with Crippen molar-refractivity contribution in [1.82, 2.24) is 35.0 Å². The number of aromatic amines is 1. The van der Waals surface area contributed by atoms with Crippen LogP contribution in [0.2, 0.25) is 0 Å². The molecule has 0 aliphatic carbocycles. The van der Waals surface area contributed by atoms with Crippen LogP contribution < -0.4 is 16.2 Å². The van der Waals surface area contributed by atoms with Crippen LogP contribution in [0.25, 0.3) is 11.3 Å². The van der Waals surface area contributed by atoms with Gasteiger partial charge in [-0.2, -0.15) is 4.31 Å². The first-order valence-corrected chi connectivity index (χ1v) is 21.3. The number of fused-ring (bicyclic) bond motifs is 1. The number of carbonyl (C=O) groups is 4. The third-order valence-electron chi connectivity index (χ3n) is 8.85. The Kier molecular flexibility index (Phi) is 12.8. The van der Waals surface area contributed by atoms with Crippen molar-refractivity contribution in [2.24, 2.45) is 0 Å². The Morgan fingerprint density at radius 2 is 1.70 bits per heavy atom. The van der Waals surface area contributed by atoms with Gasteiger partial charge in [0.25, 0.3) is 17.4 Å². The molecule has 2 unspecified atom stereocenters. The van der Waals surface area contributed by atoms with E-state index in [1.807, 2.05) is 0 Å². The average Bonchev–Trinajstić information content (AvgIpc) is 3.62. The molecule has 1 fully saturated rings. The maximum absolute atomic E-state index is 13.8. The number of phenolic OH excluding ortho intramolecular Hbond substituents is 1. The number of aliphatic hydroxyl groups excluding tert-OH is 2. The summed E-state index contributed by atoms with van der Waals surface area (Å²) in [6.45, 7) is 0.476. The molecule has 6 rings (SSSR count). The summed E-state index contributed by atoms with van der Waals surface area (Å²) in [6, 6.07) is 10.8. The normalized spacial score (nSPS) is 17.2. The zero-order valence-electron chi connectivity index (χ0n) is 29.8. The molecule has 300 valence electrons. The van der Waals surface area contributed by atoms with E-state index in [9.17, 15) is 52.8 Å². The highest BCUT2D eigenvalue weighted by Gasteiger charge is 2.54. The van der Waals surface area contributed by atoms with Gasteiger partial charge in [0.1, 0.15) is 39.5 Å². The fraction of sp³-hybridized carbons (Fsp3) is 0.286. The lowest BCUT2D eigenvalue weighted by Crippen LogP contribution is -2.71. The van der Waals surface area contributed by atoms with Gasteiger partial charge in [-0.05, 0) is 60.0 Å². The van der Waals surface area contributed by atoms with Gasteiger partial charge in [0.05, 0.1) is 18.1 Å². The Bertz CT molecular complexity index is 2380. The van der Waals surface area contributed by atoms with Gasteiger partial charge in [0.2, 0.25) is 15.9 Å². The van der Waals surface area contributed by atoms with Crippen molar-refractivity contribution < 1.29 is 48.0 Å². The zero-order valence-corrected chi connectivity index (χ0v) is 33.1. The van der Waals surface area contributed by atoms with E-state index in [4.69, 9.17) is 0 Å². The molecule has 2 aromatic carbocycles. The van der Waals surface area contributed by atoms with Crippen molar-refractivity contribution in [3.63, 3.8) is 0 Å². The summed E-state index contributed by atoms with van der Waals surface area (Å²) < 4.78 is 27.5. The van der Waals surface area contributed by atoms with E-state index < -0.39 is 69.9 Å². The van der Waals surface area contributed by atoms with Crippen LogP contribution in [0.4, 0.5) is 0 Å². The lowest BCUT2D eigenvalue weighted by atomic mass is 10.0. The molecule has 7 N–H and O–H groups in total. The monoisotopic (exact) mass is 857 g/mol. The maximum atomic E-state index is 13.8. The number of sulfonamides is 1. The minimum absolute atomic E-state index is 0.110. The van der Waals surface area contributed by atoms with Gasteiger partial charge in [-0.3, -0.25) is 24.1 Å². The number of pyridine rings is 1. The number of thioether (sulfide) groups is 2. The molecule has 0 saturated carbocycles. The number of carboxylic acid groups (broad SMARTS) is 1. The summed E-state index contributed by atoms with van der Waals surface area (Å²) in [7, 11) is -4.04. The number of hydrogen-bond acceptors (Lipinski definition) is 15. The Hall–Kier alpha value is -5.10. The third kappa shape index (κ3) is 8.91. The Labute approximate surface area is 337 Å². The largest absolute Gasteiger partial charge is 0.508 e. The number of nitrogens with zero attached hydrogens (tertiary/aromatic N) is 4. The number of carbonyl (C=O) groups excluding carboxylic acids is 3. The minimum Gasteiger partial charge on any atom is -0.508 e. The fourth-order valence-corrected chi connectivity index (χ4v) is 10.8. The van der Waals surface area contributed by atoms with Crippen LogP contribution in [0, 0.1) is 6.92 Å². The SMILES string of the molecule is Cc1nnc(SCC2=C(C(=O)O)N3C(=O)C(NC(=O)C(NC(=O)c4ccc(-c5ccc(S(=O)(=O)N(CCO)CCO)cc5)[nH]c4=O)c4ccc(O)cc4)[C@@H]3SC2)s1. The second-order valence-corrected chi connectivity index (χ2v) is 18.0. The quantitative estimate of drug-likeness (QED) is 0.0609. The van der Waals surface area contributed by atoms with Gasteiger partial charge in [0.15, 0.2) is 4.34 Å². The highest BCUT2D eigenvalue weighted by molar-refractivity contribution is 8.01. The van der Waals surface area contributed by atoms with E-state index in [0.717, 1.165) is 14.2 Å². The summed E-state index contributed by atoms with van der Waals surface area (Å²) in [5, 5.41) is 51.6. The molecule has 2 aliphatic rings. The molecule has 4 heterocycles. The van der Waals surface area contributed by atoms with Crippen molar-refractivity contribution in [1.29, 1.82) is 0 Å². The van der Waals surface area contributed by atoms with Crippen molar-refractivity contribution >= 4 is 68.6 Å². The number of aryl methyl sites for hydroxylation is 1. The topological polar surface area (TPSA) is 273 Å². The highest BCUT2D eigenvalue weighted by Crippen LogP contribution is 2.42. The molecule has 2 aromatic heterocycles. The fourth-order valence-electron chi connectivity index (χ4n) is 6.04. The van der Waals surface area contributed by atoms with Gasteiger partial charge in [-0.15, -0.1) is 22.0 Å². The second kappa shape index (κ2) is 17.6. The number of nitrogens with one attached hydrogen (secondary N) is 3. The smallest absolute Gasteiger partial charge is 0.352 e. The summed E-state index contributed by atoms with van der Waals surface area (Å²) in [5.74, 6) is -3.34. The van der Waals surface area contributed by atoms with Crippen molar-refractivity contribution in [2.75, 3.05) is 37.8 Å². The Morgan fingerprint density at radius 3 is 2.30 bits per heavy atom. The number of aliphatic hydroxyl groups is 2. The summed E-state index contributed by atoms with van der Waals surface area (Å²) in [4.78, 5) is 70.0. The molecule has 3 atom stereocenters. The molecule has 3 amide bonds. The van der Waals surface area contributed by atoms with Crippen molar-refractivity contribution in [3.8, 4) is 17.0 Å². The number of aromatic nitrogens is 3. The van der Waals surface area contributed by atoms with Gasteiger partial charge < -0.3 is 36.0 Å². The molecule has 18 nitrogen and oxygen atoms in total. The van der Waals surface area contributed by atoms with Crippen molar-refractivity contribution in [2.45, 2.75) is 33.6 Å². The molecule has 4 aromatic rings. The van der Waals surface area contributed by atoms with Crippen LogP contribution in [-0.2, 0) is 24.4 Å². The Morgan fingerprint density at radius 1 is 1.02 bits per heavy atom. The molecule has 22 heteroatoms. The summed E-state index contributed by atoms with van der Waals surface area (Å²) in [5.41, 5.74) is -0.0368. The number of benzene rings is 2. The number of hydrogen-bond donors (Lipinski definition) is 7. The highest BCUT2D eigenvalue weighted by atomic mass is 32.2. The molecule has 57 heavy (non-hydrogen) atoms. The molecule has 0 bridgehead atoms.